The first kappa shape index (κ1) is 28.9. The summed E-state index contributed by atoms with van der Waals surface area (Å²) in [6.07, 6.45) is 2.34. The molecule has 1 aliphatic carbocycles. The Morgan fingerprint density at radius 3 is 2.38 bits per heavy atom. The van der Waals surface area contributed by atoms with Gasteiger partial charge in [0.25, 0.3) is 11.8 Å². The Bertz CT molecular complexity index is 1310. The highest BCUT2D eigenvalue weighted by atomic mass is 16.7. The normalized spacial score (nSPS) is 17.1. The van der Waals surface area contributed by atoms with Crippen molar-refractivity contribution in [1.82, 2.24) is 14.9 Å². The van der Waals surface area contributed by atoms with Crippen molar-refractivity contribution in [2.75, 3.05) is 31.9 Å². The number of methoxy groups -OCH3 is 1. The fraction of sp³-hybridized carbons (Fsp3) is 0.448. The summed E-state index contributed by atoms with van der Waals surface area (Å²) >= 11 is 0. The van der Waals surface area contributed by atoms with E-state index in [1.165, 1.54) is 26.2 Å². The van der Waals surface area contributed by atoms with E-state index >= 15 is 0 Å². The lowest BCUT2D eigenvalue weighted by Crippen LogP contribution is -2.51. The summed E-state index contributed by atoms with van der Waals surface area (Å²) in [7, 11) is 4.33. The predicted octanol–water partition coefficient (Wildman–Crippen LogP) is 4.38. The molecule has 0 aromatic heterocycles. The Hall–Kier alpha value is -4.12. The van der Waals surface area contributed by atoms with Crippen LogP contribution < -0.4 is 15.4 Å². The molecule has 11 nitrogen and oxygen atoms in total. The van der Waals surface area contributed by atoms with Crippen LogP contribution in [0.3, 0.4) is 0 Å². The zero-order chi connectivity index (χ0) is 29.2. The van der Waals surface area contributed by atoms with E-state index in [1.54, 1.807) is 32.0 Å². The molecule has 2 aliphatic rings. The molecule has 1 heterocycles. The zero-order valence-corrected chi connectivity index (χ0v) is 23.8. The number of anilines is 2. The molecular formula is C29H37N5O6. The van der Waals surface area contributed by atoms with E-state index in [0.29, 0.717) is 35.0 Å². The van der Waals surface area contributed by atoms with E-state index in [-0.39, 0.29) is 6.54 Å². The molecule has 2 aromatic rings. The predicted molar refractivity (Wildman–Crippen MR) is 150 cm³/mol. The van der Waals surface area contributed by atoms with Crippen LogP contribution in [0.15, 0.2) is 42.5 Å². The number of carbonyl (C=O) groups is 4. The Balaban J connectivity index is 1.52. The third-order valence-electron chi connectivity index (χ3n) is 7.54. The largest absolute Gasteiger partial charge is 0.495 e. The topological polar surface area (TPSA) is 121 Å². The number of nitrogens with one attached hydrogen (secondary N) is 2. The van der Waals surface area contributed by atoms with Crippen LogP contribution in [0.25, 0.3) is 0 Å². The molecule has 1 unspecified atom stereocenters. The highest BCUT2D eigenvalue weighted by Gasteiger charge is 2.55. The maximum absolute atomic E-state index is 13.7. The molecule has 4 rings (SSSR count). The van der Waals surface area contributed by atoms with Gasteiger partial charge in [-0.3, -0.25) is 14.4 Å². The smallest absolute Gasteiger partial charge is 0.328 e. The summed E-state index contributed by atoms with van der Waals surface area (Å²) in [5.41, 5.74) is 1.57. The summed E-state index contributed by atoms with van der Waals surface area (Å²) in [5, 5.41) is 6.68. The van der Waals surface area contributed by atoms with Crippen molar-refractivity contribution < 1.29 is 28.8 Å². The minimum atomic E-state index is -1.18. The van der Waals surface area contributed by atoms with Gasteiger partial charge in [0.1, 0.15) is 17.3 Å². The van der Waals surface area contributed by atoms with Crippen LogP contribution in [0.4, 0.5) is 21.0 Å². The Morgan fingerprint density at radius 2 is 1.75 bits per heavy atom. The molecule has 40 heavy (non-hydrogen) atoms. The molecule has 11 heteroatoms. The maximum atomic E-state index is 13.7. The number of likely N-dealkylation sites (N-methyl/N-ethyl adjacent to an activating group) is 1. The van der Waals surface area contributed by atoms with Crippen LogP contribution in [-0.4, -0.2) is 71.6 Å². The second-order valence-electron chi connectivity index (χ2n) is 10.7. The molecule has 2 aromatic carbocycles. The number of aryl methyl sites for hydroxylation is 1. The van der Waals surface area contributed by atoms with Crippen LogP contribution in [0.5, 0.6) is 5.75 Å². The molecule has 214 valence electrons. The first-order valence-electron chi connectivity index (χ1n) is 13.2. The fourth-order valence-electron chi connectivity index (χ4n) is 4.80. The molecule has 0 spiro atoms. The minimum Gasteiger partial charge on any atom is -0.495 e. The average Bonchev–Trinajstić information content (AvgIpc) is 3.73. The highest BCUT2D eigenvalue weighted by Crippen LogP contribution is 2.39. The van der Waals surface area contributed by atoms with Crippen molar-refractivity contribution in [3.05, 3.63) is 53.6 Å². The molecule has 1 saturated carbocycles. The van der Waals surface area contributed by atoms with E-state index in [0.717, 1.165) is 28.4 Å². The van der Waals surface area contributed by atoms with Gasteiger partial charge < -0.3 is 20.3 Å². The number of rotatable bonds is 10. The summed E-state index contributed by atoms with van der Waals surface area (Å²) in [6, 6.07) is 10.7. The minimum absolute atomic E-state index is 0.102. The maximum Gasteiger partial charge on any atom is 0.328 e. The van der Waals surface area contributed by atoms with Crippen LogP contribution in [0, 0.1) is 12.8 Å². The van der Waals surface area contributed by atoms with Crippen molar-refractivity contribution in [2.24, 2.45) is 5.92 Å². The van der Waals surface area contributed by atoms with Gasteiger partial charge in [0.05, 0.1) is 19.9 Å². The number of urea groups is 2. The van der Waals surface area contributed by atoms with Crippen molar-refractivity contribution in [3.8, 4) is 5.75 Å². The molecule has 0 bridgehead atoms. The van der Waals surface area contributed by atoms with Crippen LogP contribution >= 0.6 is 0 Å². The van der Waals surface area contributed by atoms with Gasteiger partial charge in [0, 0.05) is 19.3 Å². The number of carbonyl (C=O) groups excluding carboxylic acids is 4. The lowest BCUT2D eigenvalue weighted by molar-refractivity contribution is -0.175. The van der Waals surface area contributed by atoms with Crippen molar-refractivity contribution >= 4 is 35.3 Å². The summed E-state index contributed by atoms with van der Waals surface area (Å²) < 4.78 is 5.52. The lowest BCUT2D eigenvalue weighted by atomic mass is 10.0. The number of amides is 6. The number of benzene rings is 2. The first-order chi connectivity index (χ1) is 19.0. The number of hydrogen-bond donors (Lipinski definition) is 2. The van der Waals surface area contributed by atoms with Gasteiger partial charge in [0.15, 0.2) is 0 Å². The molecule has 1 saturated heterocycles. The molecule has 1 aliphatic heterocycles. The molecular weight excluding hydrogens is 514 g/mol. The average molecular weight is 552 g/mol. The molecule has 2 N–H and O–H groups in total. The van der Waals surface area contributed by atoms with E-state index < -0.39 is 35.5 Å². The third-order valence-corrected chi connectivity index (χ3v) is 7.54. The fourth-order valence-corrected chi connectivity index (χ4v) is 4.80. The van der Waals surface area contributed by atoms with Crippen molar-refractivity contribution in [1.29, 1.82) is 0 Å². The van der Waals surface area contributed by atoms with E-state index in [4.69, 9.17) is 9.57 Å². The lowest BCUT2D eigenvalue weighted by Gasteiger charge is -2.28. The standard InChI is InChI=1S/C29H37N5O6/c1-18-9-7-8-10-21(18)30-27(37)31-22-14-13-20(16-24(22)39-5)17-33-28(38)34(26(36)29(33,2)3)23(15-19-11-12-19)25(35)32(4)40-6/h7-10,13-14,16,19,23H,11-12,15,17H2,1-6H3,(H2,30,31,37). The summed E-state index contributed by atoms with van der Waals surface area (Å²) in [5.74, 6) is -0.174. The van der Waals surface area contributed by atoms with Gasteiger partial charge in [-0.25, -0.2) is 19.6 Å². The summed E-state index contributed by atoms with van der Waals surface area (Å²) in [4.78, 5) is 60.6. The number of ether oxygens (including phenoxy) is 1. The highest BCUT2D eigenvalue weighted by molar-refractivity contribution is 6.09. The summed E-state index contributed by atoms with van der Waals surface area (Å²) in [6.45, 7) is 5.35. The number of nitrogens with zero attached hydrogens (tertiary/aromatic N) is 3. The molecule has 0 radical (unpaired) electrons. The van der Waals surface area contributed by atoms with Gasteiger partial charge >= 0.3 is 12.1 Å². The van der Waals surface area contributed by atoms with Crippen molar-refractivity contribution in [2.45, 2.75) is 58.2 Å². The van der Waals surface area contributed by atoms with Gasteiger partial charge in [-0.1, -0.05) is 37.1 Å². The molecule has 6 amide bonds. The number of para-hydroxylation sites is 1. The first-order valence-corrected chi connectivity index (χ1v) is 13.2. The molecule has 2 fully saturated rings. The van der Waals surface area contributed by atoms with Crippen molar-refractivity contribution in [3.63, 3.8) is 0 Å². The number of hydrogen-bond acceptors (Lipinski definition) is 6. The van der Waals surface area contributed by atoms with Gasteiger partial charge in [-0.2, -0.15) is 0 Å². The Labute approximate surface area is 234 Å². The monoisotopic (exact) mass is 551 g/mol. The quantitative estimate of drug-likeness (QED) is 0.334. The number of hydroxylamine groups is 2. The zero-order valence-electron chi connectivity index (χ0n) is 23.8. The number of imide groups is 1. The van der Waals surface area contributed by atoms with E-state index in [9.17, 15) is 19.2 Å². The van der Waals surface area contributed by atoms with Gasteiger partial charge in [-0.05, 0) is 62.4 Å². The Kier molecular flexibility index (Phi) is 8.34. The van der Waals surface area contributed by atoms with E-state index in [1.807, 2.05) is 31.2 Å². The second-order valence-corrected chi connectivity index (χ2v) is 10.7. The van der Waals surface area contributed by atoms with Crippen LogP contribution in [0.2, 0.25) is 0 Å². The van der Waals surface area contributed by atoms with E-state index in [2.05, 4.69) is 10.6 Å². The van der Waals surface area contributed by atoms with Crippen LogP contribution in [-0.2, 0) is 21.0 Å². The van der Waals surface area contributed by atoms with Crippen LogP contribution in [0.1, 0.15) is 44.2 Å². The second kappa shape index (κ2) is 11.5. The van der Waals surface area contributed by atoms with Gasteiger partial charge in [-0.15, -0.1) is 0 Å². The Morgan fingerprint density at radius 1 is 1.07 bits per heavy atom. The SMILES string of the molecule is COc1cc(CN2C(=O)N(C(CC3CC3)C(=O)N(C)OC)C(=O)C2(C)C)ccc1NC(=O)Nc1ccccc1C. The third kappa shape index (κ3) is 5.89. The molecule has 1 atom stereocenters. The van der Waals surface area contributed by atoms with Gasteiger partial charge in [0.2, 0.25) is 0 Å².